The van der Waals surface area contributed by atoms with Gasteiger partial charge in [-0.2, -0.15) is 0 Å². The fourth-order valence-corrected chi connectivity index (χ4v) is 3.82. The molecule has 118 valence electrons. The van der Waals surface area contributed by atoms with Gasteiger partial charge in [-0.3, -0.25) is 4.98 Å². The zero-order valence-corrected chi connectivity index (χ0v) is 14.0. The molecule has 1 aliphatic carbocycles. The highest BCUT2D eigenvalue weighted by atomic mass is 16.5. The van der Waals surface area contributed by atoms with E-state index < -0.39 is 0 Å². The molecule has 0 bridgehead atoms. The van der Waals surface area contributed by atoms with E-state index in [0.717, 1.165) is 35.8 Å². The fraction of sp³-hybridized carbons (Fsp3) is 0.722. The molecular formula is C18H30N2O. The van der Waals surface area contributed by atoms with Crippen molar-refractivity contribution < 1.29 is 4.74 Å². The Morgan fingerprint density at radius 1 is 1.33 bits per heavy atom. The van der Waals surface area contributed by atoms with Gasteiger partial charge >= 0.3 is 0 Å². The molecule has 3 unspecified atom stereocenters. The first kappa shape index (κ1) is 16.3. The number of aryl methyl sites for hydroxylation is 1. The molecule has 1 aromatic rings. The van der Waals surface area contributed by atoms with E-state index in [1.54, 1.807) is 7.11 Å². The lowest BCUT2D eigenvalue weighted by Crippen LogP contribution is -2.37. The van der Waals surface area contributed by atoms with Gasteiger partial charge in [0.2, 0.25) is 0 Å². The lowest BCUT2D eigenvalue weighted by Gasteiger charge is -2.34. The zero-order valence-electron chi connectivity index (χ0n) is 14.0. The fourth-order valence-electron chi connectivity index (χ4n) is 3.82. The van der Waals surface area contributed by atoms with E-state index in [-0.39, 0.29) is 0 Å². The van der Waals surface area contributed by atoms with Crippen LogP contribution in [0.15, 0.2) is 6.20 Å². The van der Waals surface area contributed by atoms with Crippen LogP contribution in [0.25, 0.3) is 0 Å². The molecule has 1 aliphatic rings. The van der Waals surface area contributed by atoms with E-state index in [1.165, 1.54) is 31.2 Å². The van der Waals surface area contributed by atoms with Crippen molar-refractivity contribution in [3.05, 3.63) is 23.0 Å². The van der Waals surface area contributed by atoms with E-state index in [2.05, 4.69) is 18.8 Å². The summed E-state index contributed by atoms with van der Waals surface area (Å²) in [5, 5.41) is 0. The minimum absolute atomic E-state index is 0.326. The van der Waals surface area contributed by atoms with E-state index in [9.17, 15) is 0 Å². The van der Waals surface area contributed by atoms with Crippen LogP contribution in [0.2, 0.25) is 0 Å². The third-order valence-electron chi connectivity index (χ3n) is 5.05. The van der Waals surface area contributed by atoms with Crippen molar-refractivity contribution in [1.29, 1.82) is 0 Å². The summed E-state index contributed by atoms with van der Waals surface area (Å²) in [4.78, 5) is 4.65. The highest BCUT2D eigenvalue weighted by Crippen LogP contribution is 2.34. The van der Waals surface area contributed by atoms with E-state index in [0.29, 0.717) is 12.0 Å². The Morgan fingerprint density at radius 2 is 2.10 bits per heavy atom. The van der Waals surface area contributed by atoms with Gasteiger partial charge in [0.15, 0.2) is 0 Å². The minimum atomic E-state index is 0.326. The van der Waals surface area contributed by atoms with Crippen molar-refractivity contribution >= 4 is 0 Å². The quantitative estimate of drug-likeness (QED) is 0.897. The SMILES string of the molecule is CCCC1CCC(N)C(Cc2ncc(C)c(OC)c2C)C1. The molecule has 0 aromatic carbocycles. The summed E-state index contributed by atoms with van der Waals surface area (Å²) in [7, 11) is 1.74. The summed E-state index contributed by atoms with van der Waals surface area (Å²) in [5.74, 6) is 2.40. The summed E-state index contributed by atoms with van der Waals surface area (Å²) >= 11 is 0. The second-order valence-electron chi connectivity index (χ2n) is 6.64. The summed E-state index contributed by atoms with van der Waals surface area (Å²) < 4.78 is 5.52. The highest BCUT2D eigenvalue weighted by molar-refractivity contribution is 5.41. The second-order valence-corrected chi connectivity index (χ2v) is 6.64. The largest absolute Gasteiger partial charge is 0.496 e. The van der Waals surface area contributed by atoms with E-state index in [1.807, 2.05) is 13.1 Å². The first-order valence-corrected chi connectivity index (χ1v) is 8.31. The third kappa shape index (κ3) is 3.76. The molecule has 0 spiro atoms. The van der Waals surface area contributed by atoms with Gasteiger partial charge in [0.25, 0.3) is 0 Å². The van der Waals surface area contributed by atoms with Crippen molar-refractivity contribution in [2.75, 3.05) is 7.11 Å². The van der Waals surface area contributed by atoms with Crippen LogP contribution in [-0.4, -0.2) is 18.1 Å². The van der Waals surface area contributed by atoms with Crippen molar-refractivity contribution in [3.63, 3.8) is 0 Å². The first-order chi connectivity index (χ1) is 10.1. The first-order valence-electron chi connectivity index (χ1n) is 8.31. The molecule has 0 aliphatic heterocycles. The van der Waals surface area contributed by atoms with Crippen LogP contribution in [0.5, 0.6) is 5.75 Å². The molecule has 1 heterocycles. The monoisotopic (exact) mass is 290 g/mol. The van der Waals surface area contributed by atoms with Gasteiger partial charge in [0.1, 0.15) is 5.75 Å². The molecule has 0 saturated heterocycles. The summed E-state index contributed by atoms with van der Waals surface area (Å²) in [5.41, 5.74) is 9.83. The number of hydrogen-bond acceptors (Lipinski definition) is 3. The Labute approximate surface area is 129 Å². The molecule has 1 fully saturated rings. The van der Waals surface area contributed by atoms with Crippen molar-refractivity contribution in [1.82, 2.24) is 4.98 Å². The number of rotatable bonds is 5. The molecule has 2 rings (SSSR count). The Balaban J connectivity index is 2.13. The molecule has 1 aromatic heterocycles. The van der Waals surface area contributed by atoms with Crippen molar-refractivity contribution in [2.45, 2.75) is 65.3 Å². The lowest BCUT2D eigenvalue weighted by molar-refractivity contribution is 0.220. The molecule has 3 atom stereocenters. The molecule has 3 nitrogen and oxygen atoms in total. The highest BCUT2D eigenvalue weighted by Gasteiger charge is 2.28. The standard InChI is InChI=1S/C18H30N2O/c1-5-6-14-7-8-16(19)15(9-14)10-17-13(3)18(21-4)12(2)11-20-17/h11,14-16H,5-10,19H2,1-4H3. The molecule has 3 heteroatoms. The van der Waals surface area contributed by atoms with Crippen molar-refractivity contribution in [2.24, 2.45) is 17.6 Å². The van der Waals surface area contributed by atoms with Crippen LogP contribution in [-0.2, 0) is 6.42 Å². The van der Waals surface area contributed by atoms with Crippen LogP contribution in [0.3, 0.4) is 0 Å². The molecule has 1 saturated carbocycles. The van der Waals surface area contributed by atoms with Crippen LogP contribution in [0, 0.1) is 25.7 Å². The summed E-state index contributed by atoms with van der Waals surface area (Å²) in [6.45, 7) is 6.44. The summed E-state index contributed by atoms with van der Waals surface area (Å²) in [6, 6.07) is 0.326. The third-order valence-corrected chi connectivity index (χ3v) is 5.05. The number of aromatic nitrogens is 1. The Hall–Kier alpha value is -1.09. The van der Waals surface area contributed by atoms with Crippen LogP contribution in [0.1, 0.15) is 55.8 Å². The molecular weight excluding hydrogens is 260 g/mol. The normalized spacial score (nSPS) is 25.9. The van der Waals surface area contributed by atoms with Crippen LogP contribution < -0.4 is 10.5 Å². The Bertz CT molecular complexity index is 473. The van der Waals surface area contributed by atoms with Gasteiger partial charge in [0, 0.05) is 29.1 Å². The van der Waals surface area contributed by atoms with E-state index >= 15 is 0 Å². The number of nitrogens with zero attached hydrogens (tertiary/aromatic N) is 1. The number of methoxy groups -OCH3 is 1. The number of hydrogen-bond donors (Lipinski definition) is 1. The maximum Gasteiger partial charge on any atom is 0.128 e. The van der Waals surface area contributed by atoms with Gasteiger partial charge in [-0.05, 0) is 51.4 Å². The zero-order chi connectivity index (χ0) is 15.4. The summed E-state index contributed by atoms with van der Waals surface area (Å²) in [6.07, 6.45) is 9.26. The molecule has 21 heavy (non-hydrogen) atoms. The van der Waals surface area contributed by atoms with Crippen LogP contribution >= 0.6 is 0 Å². The van der Waals surface area contributed by atoms with Gasteiger partial charge in [0.05, 0.1) is 7.11 Å². The second kappa shape index (κ2) is 7.26. The average molecular weight is 290 g/mol. The predicted molar refractivity (Wildman–Crippen MR) is 87.7 cm³/mol. The smallest absolute Gasteiger partial charge is 0.128 e. The minimum Gasteiger partial charge on any atom is -0.496 e. The lowest BCUT2D eigenvalue weighted by atomic mass is 9.74. The molecule has 2 N–H and O–H groups in total. The van der Waals surface area contributed by atoms with Gasteiger partial charge < -0.3 is 10.5 Å². The van der Waals surface area contributed by atoms with E-state index in [4.69, 9.17) is 10.5 Å². The van der Waals surface area contributed by atoms with Gasteiger partial charge in [-0.25, -0.2) is 0 Å². The molecule has 0 amide bonds. The predicted octanol–water partition coefficient (Wildman–Crippen LogP) is 3.79. The number of ether oxygens (including phenoxy) is 1. The average Bonchev–Trinajstić information content (AvgIpc) is 2.46. The topological polar surface area (TPSA) is 48.1 Å². The maximum absolute atomic E-state index is 6.38. The van der Waals surface area contributed by atoms with Gasteiger partial charge in [-0.1, -0.05) is 19.8 Å². The number of nitrogens with two attached hydrogens (primary N) is 1. The van der Waals surface area contributed by atoms with Gasteiger partial charge in [-0.15, -0.1) is 0 Å². The maximum atomic E-state index is 6.38. The Kier molecular flexibility index (Phi) is 5.63. The molecule has 0 radical (unpaired) electrons. The number of pyridine rings is 1. The van der Waals surface area contributed by atoms with Crippen molar-refractivity contribution in [3.8, 4) is 5.75 Å². The van der Waals surface area contributed by atoms with Crippen LogP contribution in [0.4, 0.5) is 0 Å². The Morgan fingerprint density at radius 3 is 2.76 bits per heavy atom.